The van der Waals surface area contributed by atoms with E-state index in [1.807, 2.05) is 42.5 Å². The molecule has 1 amide bonds. The molecule has 4 heteroatoms. The van der Waals surface area contributed by atoms with Gasteiger partial charge in [-0.2, -0.15) is 0 Å². The lowest BCUT2D eigenvalue weighted by atomic mass is 10.2. The monoisotopic (exact) mass is 271 g/mol. The van der Waals surface area contributed by atoms with E-state index >= 15 is 0 Å². The fourth-order valence-electron chi connectivity index (χ4n) is 1.36. The van der Waals surface area contributed by atoms with E-state index in [4.69, 9.17) is 5.11 Å². The van der Waals surface area contributed by atoms with E-state index in [1.54, 1.807) is 24.3 Å². The summed E-state index contributed by atoms with van der Waals surface area (Å²) in [7, 11) is 0. The first-order valence-corrected chi connectivity index (χ1v) is 6.25. The standard InChI is InChI=1S/C10H11NO3.C6H6/c12-9(13)6-7-11-10(14)8-4-2-1-3-5-8;1-2-4-6-5-3-1/h1-5H,6-7H2,(H,11,14)(H,12,13);1-6H. The molecule has 2 N–H and O–H groups in total. The number of benzene rings is 2. The fraction of sp³-hybridized carbons (Fsp3) is 0.125. The van der Waals surface area contributed by atoms with Crippen LogP contribution in [0.2, 0.25) is 0 Å². The highest BCUT2D eigenvalue weighted by Crippen LogP contribution is 1.97. The van der Waals surface area contributed by atoms with Gasteiger partial charge >= 0.3 is 5.97 Å². The number of carboxylic acids is 1. The van der Waals surface area contributed by atoms with Crippen LogP contribution >= 0.6 is 0 Å². The lowest BCUT2D eigenvalue weighted by Gasteiger charge is -2.02. The molecule has 0 aliphatic rings. The van der Waals surface area contributed by atoms with Gasteiger partial charge in [-0.25, -0.2) is 0 Å². The fourth-order valence-corrected chi connectivity index (χ4v) is 1.36. The van der Waals surface area contributed by atoms with Crippen molar-refractivity contribution < 1.29 is 14.7 Å². The Morgan fingerprint density at radius 3 is 1.75 bits per heavy atom. The highest BCUT2D eigenvalue weighted by molar-refractivity contribution is 5.94. The van der Waals surface area contributed by atoms with Gasteiger partial charge in [0.15, 0.2) is 0 Å². The maximum absolute atomic E-state index is 11.3. The molecule has 0 spiro atoms. The van der Waals surface area contributed by atoms with Crippen molar-refractivity contribution in [1.29, 1.82) is 0 Å². The highest BCUT2D eigenvalue weighted by atomic mass is 16.4. The summed E-state index contributed by atoms with van der Waals surface area (Å²) >= 11 is 0. The van der Waals surface area contributed by atoms with E-state index in [0.717, 1.165) is 0 Å². The summed E-state index contributed by atoms with van der Waals surface area (Å²) in [4.78, 5) is 21.5. The highest BCUT2D eigenvalue weighted by Gasteiger charge is 2.04. The summed E-state index contributed by atoms with van der Waals surface area (Å²) in [5.74, 6) is -1.16. The lowest BCUT2D eigenvalue weighted by molar-refractivity contribution is -0.136. The first-order valence-electron chi connectivity index (χ1n) is 6.25. The van der Waals surface area contributed by atoms with Crippen LogP contribution in [0, 0.1) is 0 Å². The van der Waals surface area contributed by atoms with Crippen molar-refractivity contribution in [3.8, 4) is 0 Å². The third-order valence-corrected chi connectivity index (χ3v) is 2.33. The number of nitrogens with one attached hydrogen (secondary N) is 1. The maximum Gasteiger partial charge on any atom is 0.305 e. The van der Waals surface area contributed by atoms with Gasteiger partial charge in [-0.05, 0) is 12.1 Å². The van der Waals surface area contributed by atoms with Crippen LogP contribution in [0.1, 0.15) is 16.8 Å². The van der Waals surface area contributed by atoms with Gasteiger partial charge in [0.05, 0.1) is 6.42 Å². The third-order valence-electron chi connectivity index (χ3n) is 2.33. The Balaban J connectivity index is 0.000000276. The predicted molar refractivity (Wildman–Crippen MR) is 77.5 cm³/mol. The number of hydrogen-bond acceptors (Lipinski definition) is 2. The van der Waals surface area contributed by atoms with Crippen LogP contribution in [0.25, 0.3) is 0 Å². The van der Waals surface area contributed by atoms with E-state index in [2.05, 4.69) is 5.32 Å². The van der Waals surface area contributed by atoms with Crippen LogP contribution in [0.3, 0.4) is 0 Å². The molecule has 0 unspecified atom stereocenters. The molecule has 2 aromatic rings. The van der Waals surface area contributed by atoms with E-state index in [-0.39, 0.29) is 18.9 Å². The smallest absolute Gasteiger partial charge is 0.305 e. The number of rotatable bonds is 4. The quantitative estimate of drug-likeness (QED) is 0.898. The molecule has 0 bridgehead atoms. The molecule has 0 heterocycles. The van der Waals surface area contributed by atoms with Crippen molar-refractivity contribution in [1.82, 2.24) is 5.32 Å². The van der Waals surface area contributed by atoms with Crippen molar-refractivity contribution >= 4 is 11.9 Å². The van der Waals surface area contributed by atoms with E-state index < -0.39 is 5.97 Å². The molecule has 2 aromatic carbocycles. The van der Waals surface area contributed by atoms with Gasteiger partial charge in [0.25, 0.3) is 5.91 Å². The van der Waals surface area contributed by atoms with Crippen LogP contribution in [-0.2, 0) is 4.79 Å². The van der Waals surface area contributed by atoms with Crippen molar-refractivity contribution in [2.24, 2.45) is 0 Å². The Morgan fingerprint density at radius 1 is 0.850 bits per heavy atom. The molecular weight excluding hydrogens is 254 g/mol. The van der Waals surface area contributed by atoms with Crippen LogP contribution < -0.4 is 5.32 Å². The summed E-state index contributed by atoms with van der Waals surface area (Å²) in [6, 6.07) is 20.7. The van der Waals surface area contributed by atoms with Crippen LogP contribution in [0.15, 0.2) is 66.7 Å². The second kappa shape index (κ2) is 9.33. The van der Waals surface area contributed by atoms with Gasteiger partial charge in [-0.3, -0.25) is 9.59 Å². The Labute approximate surface area is 118 Å². The molecule has 2 rings (SSSR count). The molecule has 20 heavy (non-hydrogen) atoms. The molecule has 0 atom stereocenters. The van der Waals surface area contributed by atoms with E-state index in [1.165, 1.54) is 0 Å². The third kappa shape index (κ3) is 6.96. The molecule has 0 saturated heterocycles. The minimum Gasteiger partial charge on any atom is -0.481 e. The molecular formula is C16H17NO3. The number of carbonyl (C=O) groups excluding carboxylic acids is 1. The van der Waals surface area contributed by atoms with Crippen molar-refractivity contribution in [2.45, 2.75) is 6.42 Å². The number of carbonyl (C=O) groups is 2. The summed E-state index contributed by atoms with van der Waals surface area (Å²) in [5.41, 5.74) is 0.540. The minimum absolute atomic E-state index is 0.0570. The topological polar surface area (TPSA) is 66.4 Å². The first kappa shape index (κ1) is 15.4. The number of amides is 1. The average Bonchev–Trinajstić information content (AvgIpc) is 2.50. The zero-order valence-electron chi connectivity index (χ0n) is 11.0. The Morgan fingerprint density at radius 2 is 1.30 bits per heavy atom. The zero-order valence-corrected chi connectivity index (χ0v) is 11.0. The normalized spacial score (nSPS) is 9.00. The molecule has 0 fully saturated rings. The van der Waals surface area contributed by atoms with Crippen LogP contribution in [0.4, 0.5) is 0 Å². The van der Waals surface area contributed by atoms with Gasteiger partial charge in [-0.15, -0.1) is 0 Å². The second-order valence-electron chi connectivity index (χ2n) is 3.92. The zero-order chi connectivity index (χ0) is 14.6. The van der Waals surface area contributed by atoms with Gasteiger partial charge < -0.3 is 10.4 Å². The molecule has 0 aromatic heterocycles. The largest absolute Gasteiger partial charge is 0.481 e. The minimum atomic E-state index is -0.918. The van der Waals surface area contributed by atoms with Crippen LogP contribution in [0.5, 0.6) is 0 Å². The van der Waals surface area contributed by atoms with Gasteiger partial charge in [0.2, 0.25) is 0 Å². The predicted octanol–water partition coefficient (Wildman–Crippen LogP) is 2.58. The van der Waals surface area contributed by atoms with Crippen molar-refractivity contribution in [3.63, 3.8) is 0 Å². The average molecular weight is 271 g/mol. The molecule has 4 nitrogen and oxygen atoms in total. The SMILES string of the molecule is O=C(O)CCNC(=O)c1ccccc1.c1ccccc1. The number of carboxylic acid groups (broad SMARTS) is 1. The molecule has 0 aliphatic heterocycles. The van der Waals surface area contributed by atoms with Gasteiger partial charge in [0.1, 0.15) is 0 Å². The summed E-state index contributed by atoms with van der Waals surface area (Å²) in [5, 5.41) is 10.9. The number of aliphatic carboxylic acids is 1. The Bertz CT molecular complexity index is 485. The maximum atomic E-state index is 11.3. The van der Waals surface area contributed by atoms with E-state index in [9.17, 15) is 9.59 Å². The van der Waals surface area contributed by atoms with Crippen molar-refractivity contribution in [2.75, 3.05) is 6.54 Å². The lowest BCUT2D eigenvalue weighted by Crippen LogP contribution is -2.25. The van der Waals surface area contributed by atoms with Gasteiger partial charge in [0, 0.05) is 12.1 Å². The Hall–Kier alpha value is -2.62. The number of hydrogen-bond donors (Lipinski definition) is 2. The summed E-state index contributed by atoms with van der Waals surface area (Å²) < 4.78 is 0. The van der Waals surface area contributed by atoms with Crippen molar-refractivity contribution in [3.05, 3.63) is 72.3 Å². The molecule has 0 radical (unpaired) electrons. The van der Waals surface area contributed by atoms with E-state index in [0.29, 0.717) is 5.56 Å². The summed E-state index contributed by atoms with van der Waals surface area (Å²) in [6.07, 6.45) is -0.0570. The molecule has 0 aliphatic carbocycles. The van der Waals surface area contributed by atoms with Crippen LogP contribution in [-0.4, -0.2) is 23.5 Å². The Kier molecular flexibility index (Phi) is 7.20. The first-order chi connectivity index (χ1) is 9.70. The van der Waals surface area contributed by atoms with Gasteiger partial charge in [-0.1, -0.05) is 54.6 Å². The summed E-state index contributed by atoms with van der Waals surface area (Å²) in [6.45, 7) is 0.156. The molecule has 0 saturated carbocycles. The molecule has 104 valence electrons. The second-order valence-corrected chi connectivity index (χ2v) is 3.92.